The number of hydrogen-bond acceptors (Lipinski definition) is 1. The van der Waals surface area contributed by atoms with Crippen LogP contribution in [0.3, 0.4) is 0 Å². The van der Waals surface area contributed by atoms with Gasteiger partial charge < -0.3 is 5.11 Å². The molecule has 1 N–H and O–H groups in total. The molecule has 1 rings (SSSR count). The Morgan fingerprint density at radius 2 is 1.82 bits per heavy atom. The molecule has 1 aliphatic rings. The van der Waals surface area contributed by atoms with Crippen molar-refractivity contribution in [1.29, 1.82) is 0 Å². The van der Waals surface area contributed by atoms with Crippen LogP contribution in [0.2, 0.25) is 0 Å². The third-order valence-electron chi connectivity index (χ3n) is 1.82. The SMILES string of the molecule is C#CC(O)(C1CC1)C(F)(F)F. The molecule has 4 heteroatoms. The van der Waals surface area contributed by atoms with E-state index in [4.69, 9.17) is 5.11 Å². The van der Waals surface area contributed by atoms with Gasteiger partial charge in [-0.25, -0.2) is 0 Å². The smallest absolute Gasteiger partial charge is 0.370 e. The topological polar surface area (TPSA) is 20.2 Å². The first-order valence-electron chi connectivity index (χ1n) is 3.18. The predicted molar refractivity (Wildman–Crippen MR) is 32.6 cm³/mol. The van der Waals surface area contributed by atoms with Gasteiger partial charge in [0.25, 0.3) is 0 Å². The van der Waals surface area contributed by atoms with Crippen LogP contribution in [0.4, 0.5) is 13.2 Å². The van der Waals surface area contributed by atoms with Gasteiger partial charge in [0.1, 0.15) is 0 Å². The van der Waals surface area contributed by atoms with Crippen molar-refractivity contribution in [2.45, 2.75) is 24.6 Å². The number of halogens is 3. The standard InChI is InChI=1S/C7H7F3O/c1-2-6(11,5-3-4-5)7(8,9)10/h1,5,11H,3-4H2. The van der Waals surface area contributed by atoms with E-state index in [9.17, 15) is 13.2 Å². The van der Waals surface area contributed by atoms with Gasteiger partial charge in [-0.1, -0.05) is 5.92 Å². The van der Waals surface area contributed by atoms with Crippen molar-refractivity contribution in [2.24, 2.45) is 5.92 Å². The average Bonchev–Trinajstić information content (AvgIpc) is 2.64. The van der Waals surface area contributed by atoms with E-state index in [0.717, 1.165) is 0 Å². The van der Waals surface area contributed by atoms with Gasteiger partial charge >= 0.3 is 6.18 Å². The molecule has 1 unspecified atom stereocenters. The predicted octanol–water partition coefficient (Wildman–Crippen LogP) is 1.32. The van der Waals surface area contributed by atoms with Crippen LogP contribution in [0, 0.1) is 18.3 Å². The van der Waals surface area contributed by atoms with Crippen molar-refractivity contribution >= 4 is 0 Å². The number of alkyl halides is 3. The molecule has 0 amide bonds. The summed E-state index contributed by atoms with van der Waals surface area (Å²) in [6, 6.07) is 0. The first-order valence-corrected chi connectivity index (χ1v) is 3.18. The molecule has 1 fully saturated rings. The lowest BCUT2D eigenvalue weighted by atomic mass is 9.99. The van der Waals surface area contributed by atoms with Crippen LogP contribution in [0.1, 0.15) is 12.8 Å². The summed E-state index contributed by atoms with van der Waals surface area (Å²) >= 11 is 0. The summed E-state index contributed by atoms with van der Waals surface area (Å²) in [5.74, 6) is 0.626. The maximum Gasteiger partial charge on any atom is 0.428 e. The van der Waals surface area contributed by atoms with E-state index in [1.54, 1.807) is 0 Å². The van der Waals surface area contributed by atoms with E-state index < -0.39 is 17.7 Å². The third-order valence-corrected chi connectivity index (χ3v) is 1.82. The van der Waals surface area contributed by atoms with Crippen molar-refractivity contribution in [3.63, 3.8) is 0 Å². The minimum atomic E-state index is -4.69. The summed E-state index contributed by atoms with van der Waals surface area (Å²) < 4.78 is 36.0. The van der Waals surface area contributed by atoms with Crippen LogP contribution in [-0.4, -0.2) is 16.9 Å². The molecule has 0 heterocycles. The van der Waals surface area contributed by atoms with Gasteiger partial charge in [-0.3, -0.25) is 0 Å². The van der Waals surface area contributed by atoms with E-state index in [0.29, 0.717) is 12.8 Å². The summed E-state index contributed by atoms with van der Waals surface area (Å²) in [7, 11) is 0. The monoisotopic (exact) mass is 164 g/mol. The van der Waals surface area contributed by atoms with Crippen molar-refractivity contribution in [3.8, 4) is 12.3 Å². The number of hydrogen-bond donors (Lipinski definition) is 1. The summed E-state index contributed by atoms with van der Waals surface area (Å²) in [6.07, 6.45) is 0.645. The molecule has 1 aliphatic carbocycles. The Morgan fingerprint density at radius 1 is 1.36 bits per heavy atom. The summed E-state index contributed by atoms with van der Waals surface area (Å²) in [5, 5.41) is 8.94. The molecule has 0 radical (unpaired) electrons. The Bertz CT molecular complexity index is 199. The van der Waals surface area contributed by atoms with Gasteiger partial charge in [-0.05, 0) is 12.8 Å². The molecule has 0 bridgehead atoms. The van der Waals surface area contributed by atoms with E-state index in [1.807, 2.05) is 0 Å². The lowest BCUT2D eigenvalue weighted by molar-refractivity contribution is -0.242. The van der Waals surface area contributed by atoms with Crippen molar-refractivity contribution in [3.05, 3.63) is 0 Å². The first kappa shape index (κ1) is 8.41. The molecule has 0 spiro atoms. The highest BCUT2D eigenvalue weighted by molar-refractivity contribution is 5.18. The van der Waals surface area contributed by atoms with Crippen molar-refractivity contribution in [1.82, 2.24) is 0 Å². The largest absolute Gasteiger partial charge is 0.428 e. The lowest BCUT2D eigenvalue weighted by Gasteiger charge is -2.24. The quantitative estimate of drug-likeness (QED) is 0.579. The Labute approximate surface area is 62.2 Å². The Morgan fingerprint density at radius 3 is 1.91 bits per heavy atom. The fourth-order valence-corrected chi connectivity index (χ4v) is 0.932. The van der Waals surface area contributed by atoms with Crippen LogP contribution < -0.4 is 0 Å². The highest BCUT2D eigenvalue weighted by atomic mass is 19.4. The van der Waals surface area contributed by atoms with E-state index in [1.165, 1.54) is 5.92 Å². The molecule has 11 heavy (non-hydrogen) atoms. The van der Waals surface area contributed by atoms with Crippen LogP contribution in [0.25, 0.3) is 0 Å². The highest BCUT2D eigenvalue weighted by Crippen LogP contribution is 2.47. The van der Waals surface area contributed by atoms with Crippen LogP contribution in [0.5, 0.6) is 0 Å². The van der Waals surface area contributed by atoms with Gasteiger partial charge in [-0.15, -0.1) is 6.42 Å². The van der Waals surface area contributed by atoms with Gasteiger partial charge in [0, 0.05) is 5.92 Å². The number of aliphatic hydroxyl groups is 1. The molecular weight excluding hydrogens is 157 g/mol. The van der Waals surface area contributed by atoms with Gasteiger partial charge in [0.15, 0.2) is 0 Å². The molecule has 62 valence electrons. The average molecular weight is 164 g/mol. The molecule has 0 aromatic carbocycles. The first-order chi connectivity index (χ1) is 4.92. The molecule has 1 saturated carbocycles. The Kier molecular flexibility index (Phi) is 1.64. The van der Waals surface area contributed by atoms with Crippen LogP contribution >= 0.6 is 0 Å². The Balaban J connectivity index is 2.84. The second-order valence-corrected chi connectivity index (χ2v) is 2.68. The van der Waals surface area contributed by atoms with Crippen LogP contribution in [0.15, 0.2) is 0 Å². The third kappa shape index (κ3) is 1.21. The molecule has 0 aliphatic heterocycles. The minimum absolute atomic E-state index is 0.361. The normalized spacial score (nSPS) is 23.9. The molecule has 0 saturated heterocycles. The van der Waals surface area contributed by atoms with Gasteiger partial charge in [-0.2, -0.15) is 13.2 Å². The second-order valence-electron chi connectivity index (χ2n) is 2.68. The van der Waals surface area contributed by atoms with E-state index in [2.05, 4.69) is 6.42 Å². The fraction of sp³-hybridized carbons (Fsp3) is 0.714. The summed E-state index contributed by atoms with van der Waals surface area (Å²) in [6.45, 7) is 0. The highest BCUT2D eigenvalue weighted by Gasteiger charge is 2.61. The molecule has 1 nitrogen and oxygen atoms in total. The van der Waals surface area contributed by atoms with E-state index >= 15 is 0 Å². The van der Waals surface area contributed by atoms with Crippen molar-refractivity contribution < 1.29 is 18.3 Å². The minimum Gasteiger partial charge on any atom is -0.370 e. The van der Waals surface area contributed by atoms with E-state index in [-0.39, 0.29) is 0 Å². The molecule has 0 aromatic heterocycles. The van der Waals surface area contributed by atoms with Gasteiger partial charge in [0.2, 0.25) is 5.60 Å². The van der Waals surface area contributed by atoms with Crippen LogP contribution in [-0.2, 0) is 0 Å². The second kappa shape index (κ2) is 2.15. The van der Waals surface area contributed by atoms with Gasteiger partial charge in [0.05, 0.1) is 0 Å². The van der Waals surface area contributed by atoms with Crippen molar-refractivity contribution in [2.75, 3.05) is 0 Å². The zero-order valence-corrected chi connectivity index (χ0v) is 5.65. The summed E-state index contributed by atoms with van der Waals surface area (Å²) in [4.78, 5) is 0. The number of rotatable bonds is 1. The maximum atomic E-state index is 12.0. The molecule has 0 aromatic rings. The molecular formula is C7H7F3O. The Hall–Kier alpha value is -0.690. The zero-order valence-electron chi connectivity index (χ0n) is 5.65. The molecule has 1 atom stereocenters. The lowest BCUT2D eigenvalue weighted by Crippen LogP contribution is -2.45. The summed E-state index contributed by atoms with van der Waals surface area (Å²) in [5.41, 5.74) is -2.88. The number of terminal acetylenes is 1. The zero-order chi connectivity index (χ0) is 8.70. The fourth-order valence-electron chi connectivity index (χ4n) is 0.932. The maximum absolute atomic E-state index is 12.0.